The lowest BCUT2D eigenvalue weighted by molar-refractivity contribution is 0.0365. The summed E-state index contributed by atoms with van der Waals surface area (Å²) in [5.74, 6) is 0.436. The van der Waals surface area contributed by atoms with E-state index in [1.807, 2.05) is 19.2 Å². The maximum Gasteiger partial charge on any atom is 0.257 e. The lowest BCUT2D eigenvalue weighted by atomic mass is 9.89. The monoisotopic (exact) mass is 490 g/mol. The van der Waals surface area contributed by atoms with E-state index in [-0.39, 0.29) is 11.9 Å². The fourth-order valence-corrected chi connectivity index (χ4v) is 4.91. The van der Waals surface area contributed by atoms with Gasteiger partial charge < -0.3 is 25.0 Å². The summed E-state index contributed by atoms with van der Waals surface area (Å²) in [5.41, 5.74) is 3.41. The Morgan fingerprint density at radius 1 is 1.22 bits per heavy atom. The smallest absolute Gasteiger partial charge is 0.257 e. The van der Waals surface area contributed by atoms with Crippen LogP contribution in [0.25, 0.3) is 27.9 Å². The Morgan fingerprint density at radius 3 is 2.83 bits per heavy atom. The minimum atomic E-state index is -0.497. The number of amides is 1. The standard InChI is InChI=1S/C25H30N8O3/c1-26-22-13-20(29-24-17(14-28-33(22)24)25(35)30-19-4-5-21(19)34)18-15-32(23-16(18)3-2-6-27-23)8-7-31-9-11-36-12-10-31/h2-3,6,13-15,19,21,26,34H,4-5,7-12H2,1H3,(H,30,35)/t19-,21+/m0/s1. The Kier molecular flexibility index (Phi) is 6.04. The van der Waals surface area contributed by atoms with Crippen LogP contribution in [-0.4, -0.2) is 92.1 Å². The van der Waals surface area contributed by atoms with Gasteiger partial charge in [0.15, 0.2) is 5.65 Å². The van der Waals surface area contributed by atoms with E-state index in [9.17, 15) is 9.90 Å². The van der Waals surface area contributed by atoms with Crippen molar-refractivity contribution in [1.29, 1.82) is 0 Å². The first kappa shape index (κ1) is 22.9. The summed E-state index contributed by atoms with van der Waals surface area (Å²) >= 11 is 0. The van der Waals surface area contributed by atoms with Gasteiger partial charge in [-0.2, -0.15) is 9.61 Å². The molecule has 0 unspecified atom stereocenters. The van der Waals surface area contributed by atoms with E-state index in [1.165, 1.54) is 6.20 Å². The molecule has 6 rings (SSSR count). The van der Waals surface area contributed by atoms with Crippen molar-refractivity contribution in [1.82, 2.24) is 34.4 Å². The van der Waals surface area contributed by atoms with E-state index in [4.69, 9.17) is 9.72 Å². The number of hydrogen-bond donors (Lipinski definition) is 3. The van der Waals surface area contributed by atoms with Gasteiger partial charge in [0, 0.05) is 62.6 Å². The zero-order chi connectivity index (χ0) is 24.6. The maximum absolute atomic E-state index is 13.0. The van der Waals surface area contributed by atoms with E-state index < -0.39 is 6.10 Å². The Balaban J connectivity index is 1.37. The van der Waals surface area contributed by atoms with Gasteiger partial charge in [-0.05, 0) is 25.0 Å². The molecule has 1 amide bonds. The third-order valence-corrected chi connectivity index (χ3v) is 7.20. The summed E-state index contributed by atoms with van der Waals surface area (Å²) in [7, 11) is 1.82. The molecule has 0 spiro atoms. The lowest BCUT2D eigenvalue weighted by Crippen LogP contribution is -2.50. The van der Waals surface area contributed by atoms with Gasteiger partial charge in [0.2, 0.25) is 0 Å². The second-order valence-corrected chi connectivity index (χ2v) is 9.36. The first-order valence-electron chi connectivity index (χ1n) is 12.4. The van der Waals surface area contributed by atoms with Gasteiger partial charge in [0.1, 0.15) is 17.0 Å². The van der Waals surface area contributed by atoms with Crippen molar-refractivity contribution in [3.63, 3.8) is 0 Å². The van der Waals surface area contributed by atoms with Gasteiger partial charge in [-0.1, -0.05) is 0 Å². The van der Waals surface area contributed by atoms with Gasteiger partial charge in [-0.25, -0.2) is 9.97 Å². The molecule has 2 atom stereocenters. The summed E-state index contributed by atoms with van der Waals surface area (Å²) in [6.07, 6.45) is 6.40. The van der Waals surface area contributed by atoms with Crippen LogP contribution in [0.1, 0.15) is 23.2 Å². The average molecular weight is 491 g/mol. The molecule has 36 heavy (non-hydrogen) atoms. The third-order valence-electron chi connectivity index (χ3n) is 7.20. The highest BCUT2D eigenvalue weighted by molar-refractivity contribution is 6.01. The number of nitrogens with zero attached hydrogens (tertiary/aromatic N) is 6. The van der Waals surface area contributed by atoms with Crippen LogP contribution in [0.4, 0.5) is 5.82 Å². The number of aromatic nitrogens is 5. The number of aliphatic hydroxyl groups is 1. The Labute approximate surface area is 208 Å². The molecule has 0 radical (unpaired) electrons. The van der Waals surface area contributed by atoms with Gasteiger partial charge in [-0.15, -0.1) is 0 Å². The molecule has 0 bridgehead atoms. The van der Waals surface area contributed by atoms with Crippen molar-refractivity contribution in [2.24, 2.45) is 0 Å². The van der Waals surface area contributed by atoms with Gasteiger partial charge in [0.25, 0.3) is 5.91 Å². The molecule has 1 aliphatic heterocycles. The van der Waals surface area contributed by atoms with Crippen molar-refractivity contribution in [2.45, 2.75) is 31.5 Å². The molecular formula is C25H30N8O3. The van der Waals surface area contributed by atoms with Gasteiger partial charge >= 0.3 is 0 Å². The number of rotatable bonds is 7. The van der Waals surface area contributed by atoms with Crippen LogP contribution in [0.2, 0.25) is 0 Å². The summed E-state index contributed by atoms with van der Waals surface area (Å²) in [4.78, 5) is 25.0. The highest BCUT2D eigenvalue weighted by Crippen LogP contribution is 2.31. The molecule has 4 aromatic rings. The summed E-state index contributed by atoms with van der Waals surface area (Å²) in [6, 6.07) is 5.69. The van der Waals surface area contributed by atoms with E-state index in [0.29, 0.717) is 17.6 Å². The number of aliphatic hydroxyl groups excluding tert-OH is 1. The molecule has 1 aliphatic carbocycles. The Hall–Kier alpha value is -3.54. The predicted molar refractivity (Wildman–Crippen MR) is 135 cm³/mol. The second kappa shape index (κ2) is 9.49. The number of carbonyl (C=O) groups excluding carboxylic acids is 1. The van der Waals surface area contributed by atoms with Crippen LogP contribution >= 0.6 is 0 Å². The Bertz CT molecular complexity index is 1410. The predicted octanol–water partition coefficient (Wildman–Crippen LogP) is 1.37. The van der Waals surface area contributed by atoms with Gasteiger partial charge in [0.05, 0.1) is 37.3 Å². The van der Waals surface area contributed by atoms with Crippen LogP contribution in [0, 0.1) is 0 Å². The fraction of sp³-hybridized carbons (Fsp3) is 0.440. The molecule has 1 saturated heterocycles. The molecular weight excluding hydrogens is 460 g/mol. The minimum Gasteiger partial charge on any atom is -0.391 e. The summed E-state index contributed by atoms with van der Waals surface area (Å²) in [6.45, 7) is 5.14. The maximum atomic E-state index is 13.0. The van der Waals surface area contributed by atoms with Crippen molar-refractivity contribution in [3.8, 4) is 11.3 Å². The number of fused-ring (bicyclic) bond motifs is 2. The molecule has 2 fully saturated rings. The number of nitrogens with one attached hydrogen (secondary N) is 2. The number of anilines is 1. The number of hydrogen-bond acceptors (Lipinski definition) is 8. The molecule has 11 nitrogen and oxygen atoms in total. The average Bonchev–Trinajstić information content (AvgIpc) is 3.51. The van der Waals surface area contributed by atoms with E-state index in [0.717, 1.165) is 73.9 Å². The van der Waals surface area contributed by atoms with Crippen LogP contribution in [0.3, 0.4) is 0 Å². The molecule has 5 heterocycles. The van der Waals surface area contributed by atoms with E-state index in [1.54, 1.807) is 10.7 Å². The zero-order valence-corrected chi connectivity index (χ0v) is 20.2. The number of carbonyl (C=O) groups is 1. The highest BCUT2D eigenvalue weighted by Gasteiger charge is 2.31. The number of morpholine rings is 1. The van der Waals surface area contributed by atoms with Gasteiger partial charge in [-0.3, -0.25) is 9.69 Å². The molecule has 1 saturated carbocycles. The topological polar surface area (TPSA) is 122 Å². The summed E-state index contributed by atoms with van der Waals surface area (Å²) < 4.78 is 9.28. The first-order valence-corrected chi connectivity index (χ1v) is 12.4. The largest absolute Gasteiger partial charge is 0.391 e. The van der Waals surface area contributed by atoms with E-state index in [2.05, 4.69) is 42.4 Å². The molecule has 4 aromatic heterocycles. The summed E-state index contributed by atoms with van der Waals surface area (Å²) in [5, 5.41) is 21.4. The molecule has 11 heteroatoms. The second-order valence-electron chi connectivity index (χ2n) is 9.36. The van der Waals surface area contributed by atoms with Crippen molar-refractivity contribution in [2.75, 3.05) is 45.2 Å². The molecule has 188 valence electrons. The third kappa shape index (κ3) is 4.08. The van der Waals surface area contributed by atoms with Crippen molar-refractivity contribution >= 4 is 28.4 Å². The zero-order valence-electron chi connectivity index (χ0n) is 20.2. The fourth-order valence-electron chi connectivity index (χ4n) is 4.91. The molecule has 3 N–H and O–H groups in total. The van der Waals surface area contributed by atoms with E-state index >= 15 is 0 Å². The SMILES string of the molecule is CNc1cc(-c2cn(CCN3CCOCC3)c3ncccc23)nc2c(C(=O)N[C@H]3CC[C@H]3O)cnn12. The van der Waals surface area contributed by atoms with Crippen LogP contribution < -0.4 is 10.6 Å². The number of pyridine rings is 1. The number of ether oxygens (including phenoxy) is 1. The Morgan fingerprint density at radius 2 is 2.08 bits per heavy atom. The first-order chi connectivity index (χ1) is 17.6. The van der Waals surface area contributed by atoms with Crippen LogP contribution in [-0.2, 0) is 11.3 Å². The molecule has 0 aromatic carbocycles. The van der Waals surface area contributed by atoms with Crippen LogP contribution in [0.15, 0.2) is 36.8 Å². The normalized spacial score (nSPS) is 20.5. The minimum absolute atomic E-state index is 0.227. The molecule has 2 aliphatic rings. The lowest BCUT2D eigenvalue weighted by Gasteiger charge is -2.32. The van der Waals surface area contributed by atoms with Crippen molar-refractivity contribution < 1.29 is 14.6 Å². The highest BCUT2D eigenvalue weighted by atomic mass is 16.5. The van der Waals surface area contributed by atoms with Crippen molar-refractivity contribution in [3.05, 3.63) is 42.4 Å². The quantitative estimate of drug-likeness (QED) is 0.355. The van der Waals surface area contributed by atoms with Crippen LogP contribution in [0.5, 0.6) is 0 Å².